The van der Waals surface area contributed by atoms with Crippen LogP contribution >= 0.6 is 22.6 Å². The van der Waals surface area contributed by atoms with E-state index >= 15 is 0 Å². The summed E-state index contributed by atoms with van der Waals surface area (Å²) in [6.45, 7) is 0. The summed E-state index contributed by atoms with van der Waals surface area (Å²) in [5.74, 6) is -3.18. The summed E-state index contributed by atoms with van der Waals surface area (Å²) in [5.41, 5.74) is -0.392. The van der Waals surface area contributed by atoms with Gasteiger partial charge in [-0.25, -0.2) is 13.6 Å². The monoisotopic (exact) mass is 405 g/mol. The number of nitrogens with one attached hydrogen (secondary N) is 1. The fourth-order valence-electron chi connectivity index (χ4n) is 1.73. The number of aromatic carboxylic acids is 1. The van der Waals surface area contributed by atoms with Crippen LogP contribution in [0.1, 0.15) is 10.4 Å². The highest BCUT2D eigenvalue weighted by Crippen LogP contribution is 2.30. The molecule has 0 unspecified atom stereocenters. The van der Waals surface area contributed by atoms with Crippen LogP contribution in [0.15, 0.2) is 30.3 Å². The van der Waals surface area contributed by atoms with Crippen LogP contribution in [-0.2, 0) is 0 Å². The van der Waals surface area contributed by atoms with Crippen molar-refractivity contribution in [3.63, 3.8) is 0 Å². The van der Waals surface area contributed by atoms with E-state index < -0.39 is 23.3 Å². The molecule has 0 radical (unpaired) electrons. The summed E-state index contributed by atoms with van der Waals surface area (Å²) >= 11 is 2.06. The molecule has 0 saturated heterocycles. The molecular formula is C14H10F2INO3. The standard InChI is InChI=1S/C14H10F2INO3/c1-21-11-6-7(2-5-10(11)17)18-13-8(14(19)20)3-4-9(15)12(13)16/h2-6,18H,1H3,(H,19,20). The lowest BCUT2D eigenvalue weighted by Gasteiger charge is -2.13. The zero-order chi connectivity index (χ0) is 15.6. The van der Waals surface area contributed by atoms with E-state index in [0.29, 0.717) is 11.4 Å². The van der Waals surface area contributed by atoms with Crippen LogP contribution in [0, 0.1) is 15.2 Å². The molecule has 2 aromatic carbocycles. The summed E-state index contributed by atoms with van der Waals surface area (Å²) in [4.78, 5) is 11.1. The van der Waals surface area contributed by atoms with E-state index in [2.05, 4.69) is 27.9 Å². The van der Waals surface area contributed by atoms with Gasteiger partial charge in [0.25, 0.3) is 0 Å². The normalized spacial score (nSPS) is 10.3. The van der Waals surface area contributed by atoms with Gasteiger partial charge in [-0.05, 0) is 46.9 Å². The lowest BCUT2D eigenvalue weighted by atomic mass is 10.1. The minimum atomic E-state index is -1.35. The second-order valence-corrected chi connectivity index (χ2v) is 5.23. The number of hydrogen-bond acceptors (Lipinski definition) is 3. The highest BCUT2D eigenvalue weighted by molar-refractivity contribution is 14.1. The number of carboxylic acid groups (broad SMARTS) is 1. The molecule has 0 aliphatic rings. The molecule has 0 atom stereocenters. The van der Waals surface area contributed by atoms with E-state index in [9.17, 15) is 13.6 Å². The van der Waals surface area contributed by atoms with Crippen molar-refractivity contribution < 1.29 is 23.4 Å². The van der Waals surface area contributed by atoms with Gasteiger partial charge in [0, 0.05) is 11.8 Å². The molecule has 0 saturated carbocycles. The van der Waals surface area contributed by atoms with E-state index in [-0.39, 0.29) is 5.56 Å². The predicted octanol–water partition coefficient (Wildman–Crippen LogP) is 4.02. The smallest absolute Gasteiger partial charge is 0.337 e. The number of methoxy groups -OCH3 is 1. The van der Waals surface area contributed by atoms with Crippen LogP contribution in [0.5, 0.6) is 5.75 Å². The maximum Gasteiger partial charge on any atom is 0.337 e. The minimum Gasteiger partial charge on any atom is -0.496 e. The number of carbonyl (C=O) groups is 1. The van der Waals surface area contributed by atoms with E-state index in [1.54, 1.807) is 18.2 Å². The van der Waals surface area contributed by atoms with Gasteiger partial charge in [0.2, 0.25) is 0 Å². The lowest BCUT2D eigenvalue weighted by Crippen LogP contribution is -2.06. The Morgan fingerprint density at radius 1 is 1.29 bits per heavy atom. The average molecular weight is 405 g/mol. The molecule has 2 aromatic rings. The van der Waals surface area contributed by atoms with Gasteiger partial charge in [0.1, 0.15) is 5.75 Å². The highest BCUT2D eigenvalue weighted by atomic mass is 127. The van der Waals surface area contributed by atoms with Gasteiger partial charge in [0.15, 0.2) is 11.6 Å². The van der Waals surface area contributed by atoms with Crippen LogP contribution in [0.25, 0.3) is 0 Å². The summed E-state index contributed by atoms with van der Waals surface area (Å²) in [7, 11) is 1.48. The largest absolute Gasteiger partial charge is 0.496 e. The van der Waals surface area contributed by atoms with Crippen LogP contribution in [0.2, 0.25) is 0 Å². The topological polar surface area (TPSA) is 58.6 Å². The first-order valence-corrected chi connectivity index (χ1v) is 6.83. The third-order valence-electron chi connectivity index (χ3n) is 2.75. The molecule has 0 amide bonds. The van der Waals surface area contributed by atoms with Crippen molar-refractivity contribution in [3.8, 4) is 5.75 Å². The first-order chi connectivity index (χ1) is 9.93. The fourth-order valence-corrected chi connectivity index (χ4v) is 2.29. The zero-order valence-electron chi connectivity index (χ0n) is 10.8. The number of anilines is 2. The Labute approximate surface area is 132 Å². The van der Waals surface area contributed by atoms with Gasteiger partial charge in [-0.3, -0.25) is 0 Å². The first-order valence-electron chi connectivity index (χ1n) is 5.76. The van der Waals surface area contributed by atoms with Crippen LogP contribution < -0.4 is 10.1 Å². The molecule has 7 heteroatoms. The number of benzene rings is 2. The summed E-state index contributed by atoms with van der Waals surface area (Å²) in [6.07, 6.45) is 0. The van der Waals surface area contributed by atoms with Crippen molar-refractivity contribution in [1.29, 1.82) is 0 Å². The molecule has 0 aromatic heterocycles. The number of carboxylic acids is 1. The van der Waals surface area contributed by atoms with E-state index in [1.807, 2.05) is 0 Å². The quantitative estimate of drug-likeness (QED) is 0.755. The van der Waals surface area contributed by atoms with Crippen molar-refractivity contribution in [2.75, 3.05) is 12.4 Å². The Morgan fingerprint density at radius 3 is 2.62 bits per heavy atom. The Kier molecular flexibility index (Phi) is 4.61. The van der Waals surface area contributed by atoms with Crippen molar-refractivity contribution in [2.45, 2.75) is 0 Å². The van der Waals surface area contributed by atoms with Crippen LogP contribution in [-0.4, -0.2) is 18.2 Å². The van der Waals surface area contributed by atoms with E-state index in [4.69, 9.17) is 9.84 Å². The summed E-state index contributed by atoms with van der Waals surface area (Å²) < 4.78 is 33.1. The number of halogens is 3. The van der Waals surface area contributed by atoms with Crippen molar-refractivity contribution >= 4 is 39.9 Å². The molecule has 0 heterocycles. The third-order valence-corrected chi connectivity index (χ3v) is 3.64. The highest BCUT2D eigenvalue weighted by Gasteiger charge is 2.18. The molecule has 0 bridgehead atoms. The van der Waals surface area contributed by atoms with Gasteiger partial charge >= 0.3 is 5.97 Å². The second kappa shape index (κ2) is 6.25. The molecular weight excluding hydrogens is 395 g/mol. The second-order valence-electron chi connectivity index (χ2n) is 4.06. The molecule has 110 valence electrons. The maximum atomic E-state index is 13.8. The fraction of sp³-hybridized carbons (Fsp3) is 0.0714. The predicted molar refractivity (Wildman–Crippen MR) is 82.3 cm³/mol. The Hall–Kier alpha value is -1.90. The Balaban J connectivity index is 2.48. The first kappa shape index (κ1) is 15.5. The molecule has 2 N–H and O–H groups in total. The van der Waals surface area contributed by atoms with Gasteiger partial charge < -0.3 is 15.2 Å². The minimum absolute atomic E-state index is 0.355. The third kappa shape index (κ3) is 3.23. The van der Waals surface area contributed by atoms with Gasteiger partial charge in [0.05, 0.1) is 21.9 Å². The van der Waals surface area contributed by atoms with Crippen molar-refractivity contribution in [1.82, 2.24) is 0 Å². The number of ether oxygens (including phenoxy) is 1. The van der Waals surface area contributed by atoms with Crippen molar-refractivity contribution in [2.24, 2.45) is 0 Å². The van der Waals surface area contributed by atoms with Gasteiger partial charge in [-0.1, -0.05) is 0 Å². The summed E-state index contributed by atoms with van der Waals surface area (Å²) in [6, 6.07) is 6.67. The summed E-state index contributed by atoms with van der Waals surface area (Å²) in [5, 5.41) is 11.6. The number of rotatable bonds is 4. The lowest BCUT2D eigenvalue weighted by molar-refractivity contribution is 0.0697. The zero-order valence-corrected chi connectivity index (χ0v) is 12.9. The van der Waals surface area contributed by atoms with Crippen molar-refractivity contribution in [3.05, 3.63) is 51.1 Å². The molecule has 0 aliphatic heterocycles. The molecule has 0 aliphatic carbocycles. The molecule has 0 fully saturated rings. The van der Waals surface area contributed by atoms with Gasteiger partial charge in [-0.2, -0.15) is 0 Å². The molecule has 4 nitrogen and oxygen atoms in total. The van der Waals surface area contributed by atoms with Gasteiger partial charge in [-0.15, -0.1) is 0 Å². The maximum absolute atomic E-state index is 13.8. The number of hydrogen-bond donors (Lipinski definition) is 2. The van der Waals surface area contributed by atoms with E-state index in [1.165, 1.54) is 7.11 Å². The Bertz CT molecular complexity index is 707. The molecule has 2 rings (SSSR count). The molecule has 21 heavy (non-hydrogen) atoms. The Morgan fingerprint density at radius 2 is 2.00 bits per heavy atom. The van der Waals surface area contributed by atoms with E-state index in [0.717, 1.165) is 15.7 Å². The average Bonchev–Trinajstić information content (AvgIpc) is 2.45. The SMILES string of the molecule is COc1cc(Nc2c(C(=O)O)ccc(F)c2F)ccc1I. The van der Waals surface area contributed by atoms with Crippen LogP contribution in [0.4, 0.5) is 20.2 Å². The molecule has 0 spiro atoms. The van der Waals surface area contributed by atoms with Crippen LogP contribution in [0.3, 0.4) is 0 Å².